The maximum atomic E-state index is 3.79. The van der Waals surface area contributed by atoms with Gasteiger partial charge in [0.2, 0.25) is 0 Å². The zero-order chi connectivity index (χ0) is 32.5. The Labute approximate surface area is 312 Å². The van der Waals surface area contributed by atoms with Crippen LogP contribution in [-0.4, -0.2) is 0 Å². The van der Waals surface area contributed by atoms with E-state index >= 15 is 0 Å². The molecule has 0 radical (unpaired) electrons. The summed E-state index contributed by atoms with van der Waals surface area (Å²) in [6, 6.07) is 27.0. The molecule has 0 spiro atoms. The van der Waals surface area contributed by atoms with Crippen LogP contribution in [0.4, 0.5) is 0 Å². The highest BCUT2D eigenvalue weighted by Gasteiger charge is 2.42. The van der Waals surface area contributed by atoms with Gasteiger partial charge in [0.15, 0.2) is 0 Å². The molecule has 2 aliphatic carbocycles. The standard InChI is InChI=1S/C29H40Br2.C13H8Br2/c1-3-5-7-9-11-13-19-29(20-14-12-10-8-6-4-2)27-21-23(30)15-17-25(27)26-18-16-24(31)22-28(26)29;14-10-1-3-12-8(6-10)5-9-7-11(15)2-4-13(9)12/h15-18,21-22H,3-14,19-20H2,1-2H3;1-4,6-7H,5H2. The van der Waals surface area contributed by atoms with Crippen LogP contribution in [0, 0.1) is 0 Å². The fourth-order valence-electron chi connectivity index (χ4n) is 7.67. The van der Waals surface area contributed by atoms with E-state index in [2.05, 4.69) is 150 Å². The third kappa shape index (κ3) is 8.68. The molecule has 4 aromatic carbocycles. The summed E-state index contributed by atoms with van der Waals surface area (Å²) in [5.74, 6) is 0. The highest BCUT2D eigenvalue weighted by molar-refractivity contribution is 9.11. The molecule has 0 heterocycles. The van der Waals surface area contributed by atoms with E-state index in [1.807, 2.05) is 0 Å². The van der Waals surface area contributed by atoms with E-state index in [4.69, 9.17) is 0 Å². The van der Waals surface area contributed by atoms with Crippen molar-refractivity contribution >= 4 is 63.7 Å². The van der Waals surface area contributed by atoms with Crippen LogP contribution in [0.5, 0.6) is 0 Å². The fraction of sp³-hybridized carbons (Fsp3) is 0.429. The average Bonchev–Trinajstić information content (AvgIpc) is 3.52. The van der Waals surface area contributed by atoms with Gasteiger partial charge in [-0.3, -0.25) is 0 Å². The molecule has 0 bridgehead atoms. The van der Waals surface area contributed by atoms with Gasteiger partial charge in [-0.05, 0) is 112 Å². The van der Waals surface area contributed by atoms with E-state index in [0.717, 1.165) is 15.4 Å². The Balaban J connectivity index is 0.000000229. The van der Waals surface area contributed by atoms with Gasteiger partial charge in [0, 0.05) is 23.3 Å². The molecule has 6 rings (SSSR count). The van der Waals surface area contributed by atoms with Crippen molar-refractivity contribution in [2.75, 3.05) is 0 Å². The van der Waals surface area contributed by atoms with Crippen LogP contribution in [0.3, 0.4) is 0 Å². The molecule has 46 heavy (non-hydrogen) atoms. The molecule has 0 atom stereocenters. The lowest BCUT2D eigenvalue weighted by molar-refractivity contribution is 0.397. The summed E-state index contributed by atoms with van der Waals surface area (Å²) in [5.41, 5.74) is 11.8. The second kappa shape index (κ2) is 17.5. The predicted octanol–water partition coefficient (Wildman–Crippen LogP) is 15.8. The van der Waals surface area contributed by atoms with Gasteiger partial charge in [-0.1, -0.05) is 179 Å². The van der Waals surface area contributed by atoms with Crippen LogP contribution in [-0.2, 0) is 11.8 Å². The highest BCUT2D eigenvalue weighted by atomic mass is 79.9. The lowest BCUT2D eigenvalue weighted by atomic mass is 9.70. The number of benzene rings is 4. The van der Waals surface area contributed by atoms with Gasteiger partial charge in [-0.2, -0.15) is 0 Å². The molecule has 0 aromatic heterocycles. The first-order valence-electron chi connectivity index (χ1n) is 17.5. The first-order valence-corrected chi connectivity index (χ1v) is 20.7. The van der Waals surface area contributed by atoms with Gasteiger partial charge < -0.3 is 0 Å². The predicted molar refractivity (Wildman–Crippen MR) is 214 cm³/mol. The molecular weight excluding hydrogens is 824 g/mol. The fourth-order valence-corrected chi connectivity index (χ4v) is 9.20. The molecule has 4 heteroatoms. The molecule has 0 saturated carbocycles. The summed E-state index contributed by atoms with van der Waals surface area (Å²) in [7, 11) is 0. The van der Waals surface area contributed by atoms with Crippen molar-refractivity contribution in [3.05, 3.63) is 113 Å². The lowest BCUT2D eigenvalue weighted by Gasteiger charge is -2.33. The Morgan fingerprint density at radius 2 is 0.783 bits per heavy atom. The van der Waals surface area contributed by atoms with Crippen molar-refractivity contribution < 1.29 is 0 Å². The molecule has 0 fully saturated rings. The van der Waals surface area contributed by atoms with Crippen molar-refractivity contribution in [3.8, 4) is 22.3 Å². The Kier molecular flexibility index (Phi) is 13.7. The van der Waals surface area contributed by atoms with Crippen molar-refractivity contribution in [2.24, 2.45) is 0 Å². The normalized spacial score (nSPS) is 13.4. The molecule has 2 aliphatic rings. The van der Waals surface area contributed by atoms with Gasteiger partial charge >= 0.3 is 0 Å². The third-order valence-corrected chi connectivity index (χ3v) is 12.0. The van der Waals surface area contributed by atoms with Gasteiger partial charge in [0.05, 0.1) is 0 Å². The van der Waals surface area contributed by atoms with Gasteiger partial charge in [0.1, 0.15) is 0 Å². The van der Waals surface area contributed by atoms with Gasteiger partial charge in [-0.25, -0.2) is 0 Å². The van der Waals surface area contributed by atoms with Crippen LogP contribution in [0.25, 0.3) is 22.3 Å². The summed E-state index contributed by atoms with van der Waals surface area (Å²) in [6.07, 6.45) is 20.0. The first kappa shape index (κ1) is 36.1. The second-order valence-corrected chi connectivity index (χ2v) is 16.9. The summed E-state index contributed by atoms with van der Waals surface area (Å²) in [6.45, 7) is 4.61. The van der Waals surface area contributed by atoms with Crippen LogP contribution >= 0.6 is 63.7 Å². The maximum Gasteiger partial charge on any atom is 0.0216 e. The summed E-state index contributed by atoms with van der Waals surface area (Å²) in [5, 5.41) is 0. The summed E-state index contributed by atoms with van der Waals surface area (Å²) >= 11 is 14.6. The van der Waals surface area contributed by atoms with E-state index in [1.54, 1.807) is 11.1 Å². The number of fused-ring (bicyclic) bond motifs is 6. The molecule has 4 aromatic rings. The number of rotatable bonds is 14. The molecule has 0 nitrogen and oxygen atoms in total. The molecule has 0 saturated heterocycles. The topological polar surface area (TPSA) is 0 Å². The minimum Gasteiger partial charge on any atom is -0.0654 e. The number of hydrogen-bond donors (Lipinski definition) is 0. The van der Waals surface area contributed by atoms with Crippen LogP contribution in [0.2, 0.25) is 0 Å². The van der Waals surface area contributed by atoms with Crippen molar-refractivity contribution in [2.45, 2.75) is 116 Å². The van der Waals surface area contributed by atoms with Gasteiger partial charge in [0.25, 0.3) is 0 Å². The SMILES string of the molecule is Brc1ccc2c(c1)Cc1cc(Br)ccc1-2.CCCCCCCCC1(CCCCCCCC)c2cc(Br)ccc2-c2ccc(Br)cc21. The van der Waals surface area contributed by atoms with E-state index < -0.39 is 0 Å². The molecule has 0 unspecified atom stereocenters. The van der Waals surface area contributed by atoms with Crippen molar-refractivity contribution in [3.63, 3.8) is 0 Å². The molecule has 0 aliphatic heterocycles. The Morgan fingerprint density at radius 3 is 1.20 bits per heavy atom. The van der Waals surface area contributed by atoms with Crippen LogP contribution in [0.15, 0.2) is 90.7 Å². The quantitative estimate of drug-likeness (QED) is 0.0976. The zero-order valence-electron chi connectivity index (χ0n) is 27.5. The van der Waals surface area contributed by atoms with Crippen molar-refractivity contribution in [1.29, 1.82) is 0 Å². The molecule has 0 N–H and O–H groups in total. The Hall–Kier alpha value is -1.20. The molecular formula is C42H48Br4. The second-order valence-electron chi connectivity index (χ2n) is 13.3. The average molecular weight is 872 g/mol. The summed E-state index contributed by atoms with van der Waals surface area (Å²) < 4.78 is 4.75. The largest absolute Gasteiger partial charge is 0.0654 e. The number of hydrogen-bond acceptors (Lipinski definition) is 0. The third-order valence-electron chi connectivity index (χ3n) is 10.0. The smallest absolute Gasteiger partial charge is 0.0216 e. The monoisotopic (exact) mass is 868 g/mol. The number of halogens is 4. The molecule has 244 valence electrons. The van der Waals surface area contributed by atoms with E-state index in [1.165, 1.54) is 132 Å². The minimum absolute atomic E-state index is 0.174. The van der Waals surface area contributed by atoms with E-state index in [-0.39, 0.29) is 5.41 Å². The Morgan fingerprint density at radius 1 is 0.435 bits per heavy atom. The number of unbranched alkanes of at least 4 members (excludes halogenated alkanes) is 10. The van der Waals surface area contributed by atoms with Crippen LogP contribution < -0.4 is 0 Å². The van der Waals surface area contributed by atoms with Crippen LogP contribution in [0.1, 0.15) is 126 Å². The van der Waals surface area contributed by atoms with Crippen molar-refractivity contribution in [1.82, 2.24) is 0 Å². The Bertz CT molecular complexity index is 1480. The lowest BCUT2D eigenvalue weighted by Crippen LogP contribution is -2.25. The maximum absolute atomic E-state index is 3.79. The van der Waals surface area contributed by atoms with E-state index in [0.29, 0.717) is 0 Å². The van der Waals surface area contributed by atoms with E-state index in [9.17, 15) is 0 Å². The minimum atomic E-state index is 0.174. The zero-order valence-corrected chi connectivity index (χ0v) is 33.9. The first-order chi connectivity index (χ1) is 22.4. The highest BCUT2D eigenvalue weighted by Crippen LogP contribution is 2.55. The summed E-state index contributed by atoms with van der Waals surface area (Å²) in [4.78, 5) is 0. The molecule has 0 amide bonds. The van der Waals surface area contributed by atoms with Gasteiger partial charge in [-0.15, -0.1) is 0 Å².